The van der Waals surface area contributed by atoms with Crippen molar-refractivity contribution >= 4 is 11.9 Å². The third-order valence-corrected chi connectivity index (χ3v) is 2.09. The fourth-order valence-corrected chi connectivity index (χ4v) is 1.19. The summed E-state index contributed by atoms with van der Waals surface area (Å²) >= 11 is 0. The molecule has 0 aliphatic carbocycles. The Balaban J connectivity index is 4.40. The van der Waals surface area contributed by atoms with Crippen molar-refractivity contribution in [1.82, 2.24) is 5.32 Å². The molecular weight excluding hydrogens is 212 g/mol. The van der Waals surface area contributed by atoms with Crippen LogP contribution >= 0.6 is 0 Å². The lowest BCUT2D eigenvalue weighted by molar-refractivity contribution is -0.144. The highest BCUT2D eigenvalue weighted by Crippen LogP contribution is 2.05. The molecule has 0 aromatic rings. The van der Waals surface area contributed by atoms with Gasteiger partial charge in [0.05, 0.1) is 0 Å². The first-order valence-corrected chi connectivity index (χ1v) is 5.22. The van der Waals surface area contributed by atoms with Gasteiger partial charge in [-0.3, -0.25) is 4.79 Å². The van der Waals surface area contributed by atoms with E-state index in [1.54, 1.807) is 0 Å². The number of rotatable bonds is 6. The summed E-state index contributed by atoms with van der Waals surface area (Å²) in [6, 6.07) is -1.71. The van der Waals surface area contributed by atoms with Crippen LogP contribution in [0, 0.1) is 5.92 Å². The van der Waals surface area contributed by atoms with Crippen LogP contribution in [0.1, 0.15) is 27.2 Å². The van der Waals surface area contributed by atoms with Gasteiger partial charge in [-0.05, 0) is 19.3 Å². The second kappa shape index (κ2) is 6.44. The van der Waals surface area contributed by atoms with Gasteiger partial charge < -0.3 is 21.3 Å². The lowest BCUT2D eigenvalue weighted by Crippen LogP contribution is -2.50. The molecule has 94 valence electrons. The number of hydrogen-bond donors (Lipinski definition) is 4. The highest BCUT2D eigenvalue weighted by atomic mass is 16.4. The van der Waals surface area contributed by atoms with Crippen molar-refractivity contribution in [3.8, 4) is 0 Å². The van der Waals surface area contributed by atoms with E-state index in [9.17, 15) is 14.7 Å². The Morgan fingerprint density at radius 1 is 1.31 bits per heavy atom. The molecule has 0 spiro atoms. The topological polar surface area (TPSA) is 113 Å². The quantitative estimate of drug-likeness (QED) is 0.484. The fraction of sp³-hybridized carbons (Fsp3) is 0.800. The number of carboxylic acids is 1. The molecule has 1 amide bonds. The summed E-state index contributed by atoms with van der Waals surface area (Å²) in [5.41, 5.74) is 5.33. The number of nitrogens with one attached hydrogen (secondary N) is 1. The third kappa shape index (κ3) is 5.09. The van der Waals surface area contributed by atoms with E-state index in [2.05, 4.69) is 5.32 Å². The average molecular weight is 232 g/mol. The third-order valence-electron chi connectivity index (χ3n) is 2.09. The van der Waals surface area contributed by atoms with Gasteiger partial charge in [0, 0.05) is 6.04 Å². The monoisotopic (exact) mass is 232 g/mol. The van der Waals surface area contributed by atoms with E-state index in [0.29, 0.717) is 6.42 Å². The van der Waals surface area contributed by atoms with Gasteiger partial charge in [-0.2, -0.15) is 0 Å². The number of carboxylic acid groups (broad SMARTS) is 1. The molecule has 0 fully saturated rings. The summed E-state index contributed by atoms with van der Waals surface area (Å²) in [5.74, 6) is -1.73. The van der Waals surface area contributed by atoms with Crippen molar-refractivity contribution in [2.24, 2.45) is 11.7 Å². The number of carbonyl (C=O) groups excluding carboxylic acids is 1. The maximum absolute atomic E-state index is 11.4. The highest BCUT2D eigenvalue weighted by molar-refractivity contribution is 5.86. The zero-order valence-electron chi connectivity index (χ0n) is 9.80. The second-order valence-electron chi connectivity index (χ2n) is 4.33. The molecule has 0 aliphatic rings. The molecular formula is C10H20N2O4. The van der Waals surface area contributed by atoms with Gasteiger partial charge in [-0.25, -0.2) is 4.79 Å². The SMILES string of the molecule is CC(C)C[C@H](NC(=O)C(O)[C@@H](C)N)C(=O)O. The lowest BCUT2D eigenvalue weighted by Gasteiger charge is -2.20. The normalized spacial score (nSPS) is 16.6. The predicted octanol–water partition coefficient (Wildman–Crippen LogP) is -0.690. The molecule has 0 rings (SSSR count). The molecule has 3 atom stereocenters. The summed E-state index contributed by atoms with van der Waals surface area (Å²) in [4.78, 5) is 22.2. The van der Waals surface area contributed by atoms with Crippen molar-refractivity contribution in [3.63, 3.8) is 0 Å². The van der Waals surface area contributed by atoms with Crippen LogP contribution < -0.4 is 11.1 Å². The Morgan fingerprint density at radius 3 is 2.12 bits per heavy atom. The molecule has 6 nitrogen and oxygen atoms in total. The maximum Gasteiger partial charge on any atom is 0.326 e. The Hall–Kier alpha value is -1.14. The summed E-state index contributed by atoms with van der Waals surface area (Å²) in [6.45, 7) is 5.18. The number of nitrogens with two attached hydrogens (primary N) is 1. The van der Waals surface area contributed by atoms with Crippen LogP contribution in [0.4, 0.5) is 0 Å². The predicted molar refractivity (Wildman–Crippen MR) is 58.7 cm³/mol. The molecule has 0 aromatic carbocycles. The fourth-order valence-electron chi connectivity index (χ4n) is 1.19. The molecule has 0 heterocycles. The van der Waals surface area contributed by atoms with E-state index < -0.39 is 30.1 Å². The standard InChI is InChI=1S/C10H20N2O4/c1-5(2)4-7(10(15)16)12-9(14)8(13)6(3)11/h5-8,13H,4,11H2,1-3H3,(H,12,14)(H,15,16)/t6-,7+,8?/m1/s1. The molecule has 0 saturated carbocycles. The molecule has 0 bridgehead atoms. The van der Waals surface area contributed by atoms with E-state index in [-0.39, 0.29) is 5.92 Å². The van der Waals surface area contributed by atoms with Gasteiger partial charge in [0.2, 0.25) is 0 Å². The van der Waals surface area contributed by atoms with Crippen molar-refractivity contribution in [2.75, 3.05) is 0 Å². The van der Waals surface area contributed by atoms with E-state index in [4.69, 9.17) is 10.8 Å². The number of aliphatic carboxylic acids is 1. The number of carbonyl (C=O) groups is 2. The van der Waals surface area contributed by atoms with Gasteiger partial charge in [0.25, 0.3) is 5.91 Å². The maximum atomic E-state index is 11.4. The molecule has 0 aromatic heterocycles. The van der Waals surface area contributed by atoms with Crippen LogP contribution in [0.15, 0.2) is 0 Å². The summed E-state index contributed by atoms with van der Waals surface area (Å²) < 4.78 is 0. The summed E-state index contributed by atoms with van der Waals surface area (Å²) in [5, 5.41) is 20.5. The van der Waals surface area contributed by atoms with E-state index in [0.717, 1.165) is 0 Å². The minimum atomic E-state index is -1.38. The van der Waals surface area contributed by atoms with Gasteiger partial charge in [0.1, 0.15) is 12.1 Å². The van der Waals surface area contributed by atoms with E-state index in [1.807, 2.05) is 13.8 Å². The Labute approximate surface area is 94.8 Å². The van der Waals surface area contributed by atoms with Crippen molar-refractivity contribution in [2.45, 2.75) is 45.4 Å². The van der Waals surface area contributed by atoms with Crippen molar-refractivity contribution < 1.29 is 19.8 Å². The van der Waals surface area contributed by atoms with Crippen LogP contribution in [0.5, 0.6) is 0 Å². The average Bonchev–Trinajstić information content (AvgIpc) is 2.14. The molecule has 5 N–H and O–H groups in total. The van der Waals surface area contributed by atoms with Crippen molar-refractivity contribution in [1.29, 1.82) is 0 Å². The Bertz CT molecular complexity index is 253. The van der Waals surface area contributed by atoms with Crippen LogP contribution in [0.25, 0.3) is 0 Å². The first kappa shape index (κ1) is 14.9. The van der Waals surface area contributed by atoms with Crippen LogP contribution in [-0.4, -0.2) is 40.3 Å². The van der Waals surface area contributed by atoms with Gasteiger partial charge in [-0.15, -0.1) is 0 Å². The lowest BCUT2D eigenvalue weighted by atomic mass is 10.0. The first-order chi connectivity index (χ1) is 7.25. The molecule has 6 heteroatoms. The number of amides is 1. The zero-order chi connectivity index (χ0) is 12.9. The second-order valence-corrected chi connectivity index (χ2v) is 4.33. The minimum Gasteiger partial charge on any atom is -0.480 e. The number of aliphatic hydroxyl groups is 1. The van der Waals surface area contributed by atoms with Crippen LogP contribution in [0.2, 0.25) is 0 Å². The highest BCUT2D eigenvalue weighted by Gasteiger charge is 2.26. The zero-order valence-corrected chi connectivity index (χ0v) is 9.80. The van der Waals surface area contributed by atoms with E-state index >= 15 is 0 Å². The molecule has 0 radical (unpaired) electrons. The Kier molecular flexibility index (Phi) is 5.98. The number of hydrogen-bond acceptors (Lipinski definition) is 4. The van der Waals surface area contributed by atoms with E-state index in [1.165, 1.54) is 6.92 Å². The smallest absolute Gasteiger partial charge is 0.326 e. The molecule has 0 aliphatic heterocycles. The first-order valence-electron chi connectivity index (χ1n) is 5.22. The number of aliphatic hydroxyl groups excluding tert-OH is 1. The van der Waals surface area contributed by atoms with Gasteiger partial charge in [-0.1, -0.05) is 13.8 Å². The molecule has 0 saturated heterocycles. The molecule has 16 heavy (non-hydrogen) atoms. The minimum absolute atomic E-state index is 0.133. The Morgan fingerprint density at radius 2 is 1.81 bits per heavy atom. The largest absolute Gasteiger partial charge is 0.480 e. The van der Waals surface area contributed by atoms with Gasteiger partial charge in [0.15, 0.2) is 0 Å². The van der Waals surface area contributed by atoms with Gasteiger partial charge >= 0.3 is 5.97 Å². The van der Waals surface area contributed by atoms with Crippen LogP contribution in [-0.2, 0) is 9.59 Å². The summed E-state index contributed by atoms with van der Waals surface area (Å²) in [6.07, 6.45) is -1.07. The summed E-state index contributed by atoms with van der Waals surface area (Å²) in [7, 11) is 0. The molecule has 1 unspecified atom stereocenters. The van der Waals surface area contributed by atoms with Crippen LogP contribution in [0.3, 0.4) is 0 Å². The van der Waals surface area contributed by atoms with Crippen molar-refractivity contribution in [3.05, 3.63) is 0 Å².